The van der Waals surface area contributed by atoms with Crippen LogP contribution in [0.4, 0.5) is 0 Å². The minimum Gasteiger partial charge on any atom is -0.469 e. The molecule has 0 aliphatic heterocycles. The van der Waals surface area contributed by atoms with Crippen molar-refractivity contribution < 1.29 is 9.53 Å². The van der Waals surface area contributed by atoms with Crippen LogP contribution in [-0.4, -0.2) is 18.1 Å². The highest BCUT2D eigenvalue weighted by molar-refractivity contribution is 7.18. The Hall–Kier alpha value is -1.42. The molecule has 1 heterocycles. The molecular weight excluding hydrogens is 258 g/mol. The van der Waals surface area contributed by atoms with E-state index in [-0.39, 0.29) is 17.8 Å². The second kappa shape index (κ2) is 5.29. The molecule has 0 N–H and O–H groups in total. The number of thiazole rings is 1. The lowest BCUT2D eigenvalue weighted by atomic mass is 9.79. The van der Waals surface area contributed by atoms with Crippen molar-refractivity contribution in [3.8, 4) is 0 Å². The Kier molecular flexibility index (Phi) is 3.51. The van der Waals surface area contributed by atoms with E-state index in [1.807, 2.05) is 18.2 Å². The van der Waals surface area contributed by atoms with E-state index in [0.717, 1.165) is 29.8 Å². The van der Waals surface area contributed by atoms with Gasteiger partial charge >= 0.3 is 5.97 Å². The molecule has 19 heavy (non-hydrogen) atoms. The summed E-state index contributed by atoms with van der Waals surface area (Å²) in [5.41, 5.74) is 1.04. The number of esters is 1. The number of carbonyl (C=O) groups excluding carboxylic acids is 1. The first kappa shape index (κ1) is 12.6. The number of fused-ring (bicyclic) bond motifs is 1. The zero-order chi connectivity index (χ0) is 13.2. The monoisotopic (exact) mass is 275 g/mol. The van der Waals surface area contributed by atoms with Gasteiger partial charge in [-0.05, 0) is 25.0 Å². The molecule has 1 aliphatic carbocycles. The number of rotatable bonds is 2. The van der Waals surface area contributed by atoms with E-state index in [9.17, 15) is 4.79 Å². The number of methoxy groups -OCH3 is 1. The fourth-order valence-electron chi connectivity index (χ4n) is 2.91. The lowest BCUT2D eigenvalue weighted by molar-refractivity contribution is -0.147. The zero-order valence-corrected chi connectivity index (χ0v) is 11.8. The molecule has 0 amide bonds. The van der Waals surface area contributed by atoms with Crippen molar-refractivity contribution in [2.24, 2.45) is 5.92 Å². The lowest BCUT2D eigenvalue weighted by Crippen LogP contribution is -2.26. The van der Waals surface area contributed by atoms with Crippen molar-refractivity contribution in [1.82, 2.24) is 4.98 Å². The summed E-state index contributed by atoms with van der Waals surface area (Å²) in [6.07, 6.45) is 4.25. The van der Waals surface area contributed by atoms with Crippen molar-refractivity contribution in [1.29, 1.82) is 0 Å². The quantitative estimate of drug-likeness (QED) is 0.784. The minimum absolute atomic E-state index is 0.0145. The van der Waals surface area contributed by atoms with Crippen LogP contribution in [-0.2, 0) is 9.53 Å². The topological polar surface area (TPSA) is 39.2 Å². The summed E-state index contributed by atoms with van der Waals surface area (Å²) in [5.74, 6) is 0.141. The number of nitrogens with zero attached hydrogens (tertiary/aromatic N) is 1. The van der Waals surface area contributed by atoms with Gasteiger partial charge in [0.2, 0.25) is 0 Å². The largest absolute Gasteiger partial charge is 0.469 e. The van der Waals surface area contributed by atoms with Crippen molar-refractivity contribution in [3.63, 3.8) is 0 Å². The van der Waals surface area contributed by atoms with Crippen molar-refractivity contribution >= 4 is 27.5 Å². The summed E-state index contributed by atoms with van der Waals surface area (Å²) in [6, 6.07) is 8.16. The van der Waals surface area contributed by atoms with Crippen molar-refractivity contribution in [3.05, 3.63) is 29.3 Å². The third kappa shape index (κ3) is 2.37. The first-order valence-electron chi connectivity index (χ1n) is 6.73. The molecular formula is C15H17NO2S. The lowest BCUT2D eigenvalue weighted by Gasteiger charge is -2.27. The van der Waals surface area contributed by atoms with Crippen LogP contribution < -0.4 is 0 Å². The summed E-state index contributed by atoms with van der Waals surface area (Å²) < 4.78 is 6.15. The van der Waals surface area contributed by atoms with Crippen LogP contribution in [0.1, 0.15) is 36.6 Å². The first-order chi connectivity index (χ1) is 9.29. The molecule has 100 valence electrons. The normalized spacial score (nSPS) is 23.4. The highest BCUT2D eigenvalue weighted by Crippen LogP contribution is 2.41. The zero-order valence-electron chi connectivity index (χ0n) is 11.0. The first-order valence-corrected chi connectivity index (χ1v) is 7.54. The number of hydrogen-bond acceptors (Lipinski definition) is 4. The number of ether oxygens (including phenoxy) is 1. The van der Waals surface area contributed by atoms with Gasteiger partial charge < -0.3 is 4.74 Å². The van der Waals surface area contributed by atoms with Gasteiger partial charge in [0.05, 0.1) is 28.3 Å². The number of para-hydroxylation sites is 1. The van der Waals surface area contributed by atoms with E-state index in [1.165, 1.54) is 18.2 Å². The summed E-state index contributed by atoms with van der Waals surface area (Å²) in [5, 5.41) is 1.09. The van der Waals surface area contributed by atoms with Crippen LogP contribution in [0.2, 0.25) is 0 Å². The van der Waals surface area contributed by atoms with Crippen molar-refractivity contribution in [2.75, 3.05) is 7.11 Å². The van der Waals surface area contributed by atoms with Gasteiger partial charge in [-0.3, -0.25) is 4.79 Å². The molecule has 0 radical (unpaired) electrons. The summed E-state index contributed by atoms with van der Waals surface area (Å²) in [6.45, 7) is 0. The van der Waals surface area contributed by atoms with E-state index in [2.05, 4.69) is 6.07 Å². The molecule has 1 aromatic heterocycles. The van der Waals surface area contributed by atoms with Gasteiger partial charge in [0, 0.05) is 5.92 Å². The summed E-state index contributed by atoms with van der Waals surface area (Å²) in [4.78, 5) is 16.6. The van der Waals surface area contributed by atoms with Gasteiger partial charge in [-0.15, -0.1) is 11.3 Å². The Balaban J connectivity index is 1.95. The smallest absolute Gasteiger partial charge is 0.309 e. The van der Waals surface area contributed by atoms with Crippen LogP contribution in [0, 0.1) is 5.92 Å². The SMILES string of the molecule is COC(=O)[C@@H]1CCCC[C@@H]1c1nc2ccccc2s1. The molecule has 4 heteroatoms. The number of hydrogen-bond donors (Lipinski definition) is 0. The molecule has 2 atom stereocenters. The second-order valence-electron chi connectivity index (χ2n) is 5.04. The van der Waals surface area contributed by atoms with E-state index in [0.29, 0.717) is 0 Å². The predicted octanol–water partition coefficient (Wildman–Crippen LogP) is 3.74. The van der Waals surface area contributed by atoms with Crippen LogP contribution >= 0.6 is 11.3 Å². The van der Waals surface area contributed by atoms with Crippen LogP contribution in [0.25, 0.3) is 10.2 Å². The number of benzene rings is 1. The van der Waals surface area contributed by atoms with Gasteiger partial charge in [-0.1, -0.05) is 25.0 Å². The maximum atomic E-state index is 11.9. The third-order valence-electron chi connectivity index (χ3n) is 3.90. The maximum Gasteiger partial charge on any atom is 0.309 e. The minimum atomic E-state index is -0.0797. The van der Waals surface area contributed by atoms with Crippen LogP contribution in [0.5, 0.6) is 0 Å². The van der Waals surface area contributed by atoms with Gasteiger partial charge in [-0.2, -0.15) is 0 Å². The standard InChI is InChI=1S/C15H17NO2S/c1-18-15(17)11-7-3-2-6-10(11)14-16-12-8-4-5-9-13(12)19-14/h4-5,8-11H,2-3,6-7H2,1H3/t10-,11+/m0/s1. The summed E-state index contributed by atoms with van der Waals surface area (Å²) >= 11 is 1.72. The summed E-state index contributed by atoms with van der Waals surface area (Å²) in [7, 11) is 1.48. The van der Waals surface area contributed by atoms with Crippen molar-refractivity contribution in [2.45, 2.75) is 31.6 Å². The Morgan fingerprint density at radius 2 is 2.11 bits per heavy atom. The molecule has 0 unspecified atom stereocenters. The van der Waals surface area contributed by atoms with Gasteiger partial charge in [0.15, 0.2) is 0 Å². The van der Waals surface area contributed by atoms with E-state index < -0.39 is 0 Å². The molecule has 2 aromatic rings. The molecule has 3 nitrogen and oxygen atoms in total. The van der Waals surface area contributed by atoms with Crippen LogP contribution in [0.15, 0.2) is 24.3 Å². The molecule has 0 spiro atoms. The Morgan fingerprint density at radius 1 is 1.32 bits per heavy atom. The van der Waals surface area contributed by atoms with Gasteiger partial charge in [-0.25, -0.2) is 4.98 Å². The Labute approximate surface area is 116 Å². The van der Waals surface area contributed by atoms with E-state index >= 15 is 0 Å². The van der Waals surface area contributed by atoms with E-state index in [4.69, 9.17) is 9.72 Å². The Morgan fingerprint density at radius 3 is 2.89 bits per heavy atom. The number of carbonyl (C=O) groups is 1. The molecule has 1 saturated carbocycles. The Bertz CT molecular complexity index is 560. The molecule has 1 fully saturated rings. The fourth-order valence-corrected chi connectivity index (χ4v) is 4.08. The van der Waals surface area contributed by atoms with Gasteiger partial charge in [0.1, 0.15) is 0 Å². The highest BCUT2D eigenvalue weighted by atomic mass is 32.1. The maximum absolute atomic E-state index is 11.9. The van der Waals surface area contributed by atoms with Gasteiger partial charge in [0.25, 0.3) is 0 Å². The molecule has 1 aromatic carbocycles. The molecule has 1 aliphatic rings. The highest BCUT2D eigenvalue weighted by Gasteiger charge is 2.34. The molecule has 3 rings (SSSR count). The fraction of sp³-hybridized carbons (Fsp3) is 0.467. The second-order valence-corrected chi connectivity index (χ2v) is 6.10. The third-order valence-corrected chi connectivity index (χ3v) is 5.07. The molecule has 0 bridgehead atoms. The predicted molar refractivity (Wildman–Crippen MR) is 76.3 cm³/mol. The molecule has 0 saturated heterocycles. The average Bonchev–Trinajstić information content (AvgIpc) is 2.90. The van der Waals surface area contributed by atoms with Crippen LogP contribution in [0.3, 0.4) is 0 Å². The van der Waals surface area contributed by atoms with E-state index in [1.54, 1.807) is 11.3 Å². The number of aromatic nitrogens is 1. The average molecular weight is 275 g/mol.